The molecular weight excluding hydrogens is 754 g/mol. The van der Waals surface area contributed by atoms with E-state index in [1.54, 1.807) is 0 Å². The van der Waals surface area contributed by atoms with Crippen molar-refractivity contribution in [3.63, 3.8) is 0 Å². The van der Waals surface area contributed by atoms with Gasteiger partial charge in [0, 0.05) is 35.6 Å². The van der Waals surface area contributed by atoms with E-state index >= 15 is 4.39 Å². The highest BCUT2D eigenvalue weighted by molar-refractivity contribution is 6.53. The summed E-state index contributed by atoms with van der Waals surface area (Å²) in [6.45, 7) is -1.85. The maximum atomic E-state index is 15.1. The molecule has 0 bridgehead atoms. The Morgan fingerprint density at radius 1 is 0.837 bits per heavy atom. The average molecular weight is 771 g/mol. The zero-order valence-electron chi connectivity index (χ0n) is 23.8. The highest BCUT2D eigenvalue weighted by Gasteiger charge is 2.68. The Hall–Kier alpha value is -3.47. The van der Waals surface area contributed by atoms with Crippen LogP contribution >= 0.6 is 34.8 Å². The van der Waals surface area contributed by atoms with Crippen LogP contribution in [0.5, 0.6) is 0 Å². The first-order valence-corrected chi connectivity index (χ1v) is 14.5. The number of amides is 1. The molecule has 0 unspecified atom stereocenters. The predicted octanol–water partition coefficient (Wildman–Crippen LogP) is 9.01. The molecule has 3 aromatic carbocycles. The summed E-state index contributed by atoms with van der Waals surface area (Å²) in [5.74, 6) is -10.3. The third-order valence-corrected chi connectivity index (χ3v) is 8.53. The number of hydrogen-bond donors (Lipinski definition) is 1. The molecule has 4 rings (SSSR count). The van der Waals surface area contributed by atoms with Gasteiger partial charge in [0.05, 0.1) is 16.5 Å². The van der Waals surface area contributed by atoms with Gasteiger partial charge in [0.2, 0.25) is 5.91 Å². The average Bonchev–Trinajstić information content (AvgIpc) is 3.57. The molecule has 0 spiro atoms. The quantitative estimate of drug-likeness (QED) is 0.120. The van der Waals surface area contributed by atoms with Gasteiger partial charge in [-0.05, 0) is 47.5 Å². The van der Waals surface area contributed by atoms with E-state index in [1.165, 1.54) is 6.07 Å². The maximum Gasteiger partial charge on any atom is 0.482 e. The van der Waals surface area contributed by atoms with Crippen molar-refractivity contribution in [2.75, 3.05) is 11.9 Å². The van der Waals surface area contributed by atoms with Crippen LogP contribution in [0.25, 0.3) is 0 Å². The minimum atomic E-state index is -6.15. The van der Waals surface area contributed by atoms with Crippen molar-refractivity contribution < 1.29 is 67.4 Å². The fraction of sp³-hybridized carbons (Fsp3) is 0.300. The van der Waals surface area contributed by atoms with Gasteiger partial charge in [0.1, 0.15) is 28.4 Å². The molecule has 0 radical (unpaired) electrons. The number of alkyl halides is 10. The largest absolute Gasteiger partial charge is 0.482 e. The summed E-state index contributed by atoms with van der Waals surface area (Å²) in [5.41, 5.74) is -3.79. The van der Waals surface area contributed by atoms with Gasteiger partial charge in [-0.15, -0.1) is 23.2 Å². The molecule has 1 amide bonds. The van der Waals surface area contributed by atoms with Crippen molar-refractivity contribution in [2.24, 2.45) is 5.92 Å². The molecule has 2 atom stereocenters. The van der Waals surface area contributed by atoms with Crippen LogP contribution in [0.4, 0.5) is 54.0 Å². The van der Waals surface area contributed by atoms with E-state index in [2.05, 4.69) is 10.1 Å². The van der Waals surface area contributed by atoms with Crippen LogP contribution in [0.2, 0.25) is 5.02 Å². The molecule has 1 aliphatic rings. The number of carbonyl (C=O) groups excluding carboxylic acids is 3. The minimum absolute atomic E-state index is 0.107. The Bertz CT molecular complexity index is 1810. The van der Waals surface area contributed by atoms with Crippen molar-refractivity contribution in [1.29, 1.82) is 0 Å². The lowest BCUT2D eigenvalue weighted by molar-refractivity contribution is -0.388. The van der Waals surface area contributed by atoms with Crippen molar-refractivity contribution >= 4 is 58.0 Å². The van der Waals surface area contributed by atoms with E-state index in [-0.39, 0.29) is 21.8 Å². The Morgan fingerprint density at radius 3 is 2.08 bits per heavy atom. The molecule has 3 aromatic rings. The lowest BCUT2D eigenvalue weighted by Gasteiger charge is -2.19. The van der Waals surface area contributed by atoms with Crippen LogP contribution in [0.1, 0.15) is 38.5 Å². The molecule has 5 nitrogen and oxygen atoms in total. The van der Waals surface area contributed by atoms with Gasteiger partial charge in [-0.1, -0.05) is 23.7 Å². The van der Waals surface area contributed by atoms with Crippen LogP contribution in [0.3, 0.4) is 0 Å². The lowest BCUT2D eigenvalue weighted by Crippen LogP contribution is -2.40. The lowest BCUT2D eigenvalue weighted by atomic mass is 9.98. The van der Waals surface area contributed by atoms with Crippen LogP contribution in [-0.4, -0.2) is 40.7 Å². The van der Waals surface area contributed by atoms with E-state index in [9.17, 15) is 58.3 Å². The van der Waals surface area contributed by atoms with Crippen LogP contribution in [0, 0.1) is 23.4 Å². The van der Waals surface area contributed by atoms with Gasteiger partial charge >= 0.3 is 18.5 Å². The second-order valence-corrected chi connectivity index (χ2v) is 12.5. The molecule has 0 saturated heterocycles. The Kier molecular flexibility index (Phi) is 10.7. The first-order valence-electron chi connectivity index (χ1n) is 13.4. The Labute approximate surface area is 283 Å². The van der Waals surface area contributed by atoms with Crippen molar-refractivity contribution in [2.45, 2.75) is 41.6 Å². The third kappa shape index (κ3) is 8.30. The van der Waals surface area contributed by atoms with Crippen molar-refractivity contribution in [3.8, 4) is 0 Å². The van der Waals surface area contributed by atoms with E-state index < -0.39 is 106 Å². The fourth-order valence-electron chi connectivity index (χ4n) is 4.77. The molecule has 1 aliphatic carbocycles. The number of ketones is 2. The predicted molar refractivity (Wildman–Crippen MR) is 152 cm³/mol. The maximum absolute atomic E-state index is 15.1. The Morgan fingerprint density at radius 2 is 1.47 bits per heavy atom. The second kappa shape index (κ2) is 13.7. The van der Waals surface area contributed by atoms with E-state index in [1.807, 2.05) is 0 Å². The molecule has 1 saturated carbocycles. The summed E-state index contributed by atoms with van der Waals surface area (Å²) in [6, 6.07) is 6.81. The SMILES string of the molecule is O=C(COC(F)(F)C(F)(F)F)Cc1c(F)ccc(CC(=O)c2cc(NC(=O)[C@H]3[C@H](c4ccc(F)c(C(F)(F)F)c4)C3(Cl)Cl)ccc2Cl)c1F. The molecule has 0 heterocycles. The number of anilines is 1. The minimum Gasteiger partial charge on any atom is -0.326 e. The zero-order valence-corrected chi connectivity index (χ0v) is 26.1. The number of rotatable bonds is 11. The highest BCUT2D eigenvalue weighted by atomic mass is 35.5. The molecule has 264 valence electrons. The summed E-state index contributed by atoms with van der Waals surface area (Å²) in [7, 11) is 0. The monoisotopic (exact) mass is 769 g/mol. The molecule has 0 aliphatic heterocycles. The van der Waals surface area contributed by atoms with E-state index in [4.69, 9.17) is 34.8 Å². The van der Waals surface area contributed by atoms with Crippen molar-refractivity contribution in [1.82, 2.24) is 0 Å². The number of carbonyl (C=O) groups is 3. The summed E-state index contributed by atoms with van der Waals surface area (Å²) >= 11 is 18.5. The normalized spacial score (nSPS) is 17.5. The van der Waals surface area contributed by atoms with Gasteiger partial charge < -0.3 is 10.1 Å². The number of hydrogen-bond acceptors (Lipinski definition) is 4. The highest BCUT2D eigenvalue weighted by Crippen LogP contribution is 2.65. The van der Waals surface area contributed by atoms with Gasteiger partial charge in [0.25, 0.3) is 0 Å². The second-order valence-electron chi connectivity index (χ2n) is 10.7. The molecule has 0 aromatic heterocycles. The fourth-order valence-corrected chi connectivity index (χ4v) is 5.82. The number of ether oxygens (including phenoxy) is 1. The topological polar surface area (TPSA) is 72.5 Å². The summed E-state index contributed by atoms with van der Waals surface area (Å²) in [5, 5.41) is 2.15. The number of benzene rings is 3. The molecule has 1 fully saturated rings. The van der Waals surface area contributed by atoms with Crippen LogP contribution in [0.15, 0.2) is 48.5 Å². The number of nitrogens with one attached hydrogen (secondary N) is 1. The van der Waals surface area contributed by atoms with Crippen LogP contribution in [-0.2, 0) is 33.3 Å². The molecule has 19 heteroatoms. The Balaban J connectivity index is 1.48. The zero-order chi connectivity index (χ0) is 36.9. The summed E-state index contributed by atoms with van der Waals surface area (Å²) in [4.78, 5) is 38.0. The first-order chi connectivity index (χ1) is 22.5. The first kappa shape index (κ1) is 38.3. The van der Waals surface area contributed by atoms with Gasteiger partial charge in [-0.2, -0.15) is 35.1 Å². The van der Waals surface area contributed by atoms with Gasteiger partial charge in [0.15, 0.2) is 11.6 Å². The van der Waals surface area contributed by atoms with E-state index in [0.29, 0.717) is 18.2 Å². The number of Topliss-reactive ketones (excluding diaryl/α,β-unsaturated/α-hetero) is 2. The molecular formula is C30H17Cl3F11NO4. The standard InChI is InChI=1S/C30H17Cl3F11NO4/c31-19-4-3-14(45-26(48)24-23(27(24,32)33)12-1-6-21(35)18(7-12)28(37,38)39)9-16(19)22(47)8-13-2-5-20(34)17(25(13)36)10-15(46)11-49-30(43,44)29(40,41)42/h1-7,9,23-24H,8,10-11H2,(H,45,48)/t23-,24+/m0/s1. The van der Waals surface area contributed by atoms with E-state index in [0.717, 1.165) is 24.3 Å². The van der Waals surface area contributed by atoms with Crippen molar-refractivity contribution in [3.05, 3.63) is 98.8 Å². The number of halogens is 14. The smallest absolute Gasteiger partial charge is 0.326 e. The third-order valence-electron chi connectivity index (χ3n) is 7.26. The van der Waals surface area contributed by atoms with Crippen LogP contribution < -0.4 is 5.32 Å². The summed E-state index contributed by atoms with van der Waals surface area (Å²) < 4.78 is 147. The van der Waals surface area contributed by atoms with Gasteiger partial charge in [-0.3, -0.25) is 14.4 Å². The molecule has 49 heavy (non-hydrogen) atoms. The summed E-state index contributed by atoms with van der Waals surface area (Å²) in [6.07, 6.45) is -19.1. The van der Waals surface area contributed by atoms with Gasteiger partial charge in [-0.25, -0.2) is 13.2 Å². The molecule has 1 N–H and O–H groups in total.